The first-order valence-corrected chi connectivity index (χ1v) is 7.14. The van der Waals surface area contributed by atoms with Gasteiger partial charge in [0.25, 0.3) is 0 Å². The molecule has 0 radical (unpaired) electrons. The summed E-state index contributed by atoms with van der Waals surface area (Å²) in [6.45, 7) is 8.59. The van der Waals surface area contributed by atoms with Crippen molar-refractivity contribution < 1.29 is 14.7 Å². The quantitative estimate of drug-likeness (QED) is 0.711. The van der Waals surface area contributed by atoms with E-state index < -0.39 is 11.5 Å². The Morgan fingerprint density at radius 3 is 2.20 bits per heavy atom. The Hall–Kier alpha value is -1.30. The average molecular weight is 287 g/mol. The summed E-state index contributed by atoms with van der Waals surface area (Å²) in [5.41, 5.74) is -1.21. The zero-order chi connectivity index (χ0) is 15.9. The second-order valence-electron chi connectivity index (χ2n) is 5.71. The lowest BCUT2D eigenvalue weighted by Gasteiger charge is -2.34. The number of amides is 2. The van der Waals surface area contributed by atoms with Crippen LogP contribution in [0.15, 0.2) is 0 Å². The van der Waals surface area contributed by atoms with Crippen LogP contribution in [0.25, 0.3) is 0 Å². The molecule has 0 aromatic heterocycles. The van der Waals surface area contributed by atoms with Crippen LogP contribution in [0, 0.1) is 0 Å². The summed E-state index contributed by atoms with van der Waals surface area (Å²) >= 11 is 0. The second-order valence-corrected chi connectivity index (χ2v) is 5.71. The lowest BCUT2D eigenvalue weighted by molar-refractivity contribution is -0.144. The van der Waals surface area contributed by atoms with Gasteiger partial charge in [0.1, 0.15) is 5.54 Å². The van der Waals surface area contributed by atoms with Crippen molar-refractivity contribution in [3.63, 3.8) is 0 Å². The Morgan fingerprint density at radius 2 is 1.85 bits per heavy atom. The summed E-state index contributed by atoms with van der Waals surface area (Å²) in [6.07, 6.45) is 1.11. The van der Waals surface area contributed by atoms with Crippen LogP contribution in [0.2, 0.25) is 0 Å². The highest BCUT2D eigenvalue weighted by Gasteiger charge is 2.35. The fourth-order valence-corrected chi connectivity index (χ4v) is 2.31. The largest absolute Gasteiger partial charge is 0.480 e. The molecule has 0 saturated carbocycles. The number of hydrogen-bond acceptors (Lipinski definition) is 3. The molecule has 0 spiro atoms. The van der Waals surface area contributed by atoms with Crippen molar-refractivity contribution in [2.24, 2.45) is 0 Å². The number of hydrogen-bond donors (Lipinski definition) is 2. The van der Waals surface area contributed by atoms with E-state index in [1.54, 1.807) is 11.8 Å². The predicted octanol–water partition coefficient (Wildman–Crippen LogP) is 1.61. The first kappa shape index (κ1) is 18.7. The van der Waals surface area contributed by atoms with Crippen LogP contribution in [0.5, 0.6) is 0 Å². The molecule has 0 saturated heterocycles. The van der Waals surface area contributed by atoms with Crippen molar-refractivity contribution in [3.05, 3.63) is 0 Å². The third kappa shape index (κ3) is 5.36. The third-order valence-electron chi connectivity index (χ3n) is 3.37. The molecule has 0 fully saturated rings. The van der Waals surface area contributed by atoms with E-state index in [4.69, 9.17) is 0 Å². The van der Waals surface area contributed by atoms with Crippen molar-refractivity contribution in [2.45, 2.75) is 52.1 Å². The van der Waals surface area contributed by atoms with Crippen LogP contribution < -0.4 is 5.32 Å². The summed E-state index contributed by atoms with van der Waals surface area (Å²) in [5, 5.41) is 12.0. The summed E-state index contributed by atoms with van der Waals surface area (Å²) in [4.78, 5) is 27.4. The molecule has 6 heteroatoms. The zero-order valence-electron chi connectivity index (χ0n) is 13.6. The van der Waals surface area contributed by atoms with Crippen molar-refractivity contribution in [3.8, 4) is 0 Å². The highest BCUT2D eigenvalue weighted by molar-refractivity contribution is 5.86. The highest BCUT2D eigenvalue weighted by Crippen LogP contribution is 2.14. The molecule has 0 rings (SSSR count). The number of likely N-dealkylation sites (N-methyl/N-ethyl adjacent to an activating group) is 2. The third-order valence-corrected chi connectivity index (χ3v) is 3.37. The molecule has 0 aromatic carbocycles. The lowest BCUT2D eigenvalue weighted by Crippen LogP contribution is -2.58. The smallest absolute Gasteiger partial charge is 0.329 e. The molecule has 20 heavy (non-hydrogen) atoms. The van der Waals surface area contributed by atoms with Crippen LogP contribution in [0.3, 0.4) is 0 Å². The van der Waals surface area contributed by atoms with Gasteiger partial charge in [0, 0.05) is 19.1 Å². The van der Waals surface area contributed by atoms with E-state index in [9.17, 15) is 14.7 Å². The zero-order valence-corrected chi connectivity index (χ0v) is 13.6. The van der Waals surface area contributed by atoms with Crippen molar-refractivity contribution in [1.82, 2.24) is 15.1 Å². The van der Waals surface area contributed by atoms with Crippen LogP contribution in [0.1, 0.15) is 40.5 Å². The number of rotatable bonds is 8. The van der Waals surface area contributed by atoms with Crippen molar-refractivity contribution in [2.75, 3.05) is 27.2 Å². The number of aliphatic carboxylic acids is 1. The molecule has 2 N–H and O–H groups in total. The molecule has 0 aromatic rings. The topological polar surface area (TPSA) is 72.9 Å². The maximum Gasteiger partial charge on any atom is 0.329 e. The Kier molecular flexibility index (Phi) is 7.57. The summed E-state index contributed by atoms with van der Waals surface area (Å²) in [7, 11) is 3.89. The minimum Gasteiger partial charge on any atom is -0.480 e. The van der Waals surface area contributed by atoms with Gasteiger partial charge in [-0.15, -0.1) is 0 Å². The van der Waals surface area contributed by atoms with E-state index in [2.05, 4.69) is 5.32 Å². The molecule has 118 valence electrons. The summed E-state index contributed by atoms with van der Waals surface area (Å²) < 4.78 is 0. The first-order valence-electron chi connectivity index (χ1n) is 7.14. The Morgan fingerprint density at radius 1 is 1.30 bits per heavy atom. The van der Waals surface area contributed by atoms with Crippen LogP contribution in [-0.2, 0) is 4.79 Å². The molecule has 0 bridgehead atoms. The van der Waals surface area contributed by atoms with Crippen LogP contribution >= 0.6 is 0 Å². The molecule has 2 unspecified atom stereocenters. The molecule has 0 aliphatic heterocycles. The Bertz CT molecular complexity index is 334. The Balaban J connectivity index is 4.88. The van der Waals surface area contributed by atoms with E-state index >= 15 is 0 Å². The second kappa shape index (κ2) is 8.09. The minimum atomic E-state index is -1.21. The molecule has 2 amide bonds. The lowest BCUT2D eigenvalue weighted by atomic mass is 9.96. The number of nitrogens with one attached hydrogen (secondary N) is 1. The average Bonchev–Trinajstić information content (AvgIpc) is 2.28. The number of carbonyl (C=O) groups excluding carboxylic acids is 1. The monoisotopic (exact) mass is 287 g/mol. The van der Waals surface area contributed by atoms with E-state index in [1.807, 2.05) is 39.8 Å². The maximum absolute atomic E-state index is 12.3. The predicted molar refractivity (Wildman–Crippen MR) is 79.9 cm³/mol. The van der Waals surface area contributed by atoms with Gasteiger partial charge >= 0.3 is 12.0 Å². The van der Waals surface area contributed by atoms with E-state index in [0.29, 0.717) is 19.4 Å². The van der Waals surface area contributed by atoms with Gasteiger partial charge in [-0.25, -0.2) is 9.59 Å². The summed E-state index contributed by atoms with van der Waals surface area (Å²) in [5.74, 6) is -0.996. The number of carboxylic acids is 1. The van der Waals surface area contributed by atoms with Gasteiger partial charge in [0.05, 0.1) is 0 Å². The SMILES string of the molecule is CCCC(C)(NC(=O)N(CC)C(C)CN(C)C)C(=O)O. The number of carboxylic acid groups (broad SMARTS) is 1. The van der Waals surface area contributed by atoms with Gasteiger partial charge in [-0.1, -0.05) is 13.3 Å². The fourth-order valence-electron chi connectivity index (χ4n) is 2.31. The maximum atomic E-state index is 12.3. The van der Waals surface area contributed by atoms with E-state index in [-0.39, 0.29) is 12.1 Å². The number of nitrogens with zero attached hydrogens (tertiary/aromatic N) is 2. The highest BCUT2D eigenvalue weighted by atomic mass is 16.4. The van der Waals surface area contributed by atoms with Crippen molar-refractivity contribution in [1.29, 1.82) is 0 Å². The fraction of sp³-hybridized carbons (Fsp3) is 0.857. The van der Waals surface area contributed by atoms with Crippen LogP contribution in [-0.4, -0.2) is 65.7 Å². The van der Waals surface area contributed by atoms with Gasteiger partial charge in [-0.3, -0.25) is 0 Å². The molecule has 6 nitrogen and oxygen atoms in total. The van der Waals surface area contributed by atoms with Gasteiger partial charge in [-0.05, 0) is 41.3 Å². The van der Waals surface area contributed by atoms with Gasteiger partial charge in [0.2, 0.25) is 0 Å². The molecule has 0 heterocycles. The van der Waals surface area contributed by atoms with Crippen LogP contribution in [0.4, 0.5) is 4.79 Å². The molecular formula is C14H29N3O3. The number of carbonyl (C=O) groups is 2. The summed E-state index contributed by atoms with van der Waals surface area (Å²) in [6, 6.07) is -0.296. The minimum absolute atomic E-state index is 0.0228. The molecule has 0 aliphatic rings. The van der Waals surface area contributed by atoms with Crippen molar-refractivity contribution >= 4 is 12.0 Å². The van der Waals surface area contributed by atoms with Gasteiger partial charge < -0.3 is 20.2 Å². The number of urea groups is 1. The first-order chi connectivity index (χ1) is 9.17. The van der Waals surface area contributed by atoms with E-state index in [0.717, 1.165) is 6.54 Å². The standard InChI is InChI=1S/C14H29N3O3/c1-7-9-14(4,12(18)19)15-13(20)17(8-2)11(3)10-16(5)6/h11H,7-10H2,1-6H3,(H,15,20)(H,18,19). The normalized spacial score (nSPS) is 15.6. The molecular weight excluding hydrogens is 258 g/mol. The molecule has 0 aliphatic carbocycles. The van der Waals surface area contributed by atoms with E-state index in [1.165, 1.54) is 0 Å². The van der Waals surface area contributed by atoms with Gasteiger partial charge in [-0.2, -0.15) is 0 Å². The molecule has 2 atom stereocenters. The Labute approximate surface area is 122 Å². The van der Waals surface area contributed by atoms with Gasteiger partial charge in [0.15, 0.2) is 0 Å².